The standard InChI is InChI=1S/C26H46O.5C2H6/c1-7-14-21-23-17-22(20(10-4)25(23)19(8-2)9-3)24(21)18(6)27-26(11-5)15-12-13-16-26;5*1-2/h19-25H,6-17H2,1-5H3;5*1-2H3. The van der Waals surface area contributed by atoms with Crippen molar-refractivity contribution < 1.29 is 4.74 Å². The summed E-state index contributed by atoms with van der Waals surface area (Å²) in [5, 5.41) is 0. The van der Waals surface area contributed by atoms with Gasteiger partial charge in [-0.05, 0) is 80.5 Å². The molecule has 3 aliphatic carbocycles. The summed E-state index contributed by atoms with van der Waals surface area (Å²) in [5.41, 5.74) is 0.117. The normalized spacial score (nSPS) is 28.0. The highest BCUT2D eigenvalue weighted by atomic mass is 16.5. The zero-order chi connectivity index (χ0) is 29.6. The average molecular weight is 525 g/mol. The Bertz CT molecular complexity index is 483. The lowest BCUT2D eigenvalue weighted by Gasteiger charge is -2.45. The number of allylic oxidation sites excluding steroid dienone is 1. The van der Waals surface area contributed by atoms with Crippen molar-refractivity contribution in [3.8, 4) is 0 Å². The van der Waals surface area contributed by atoms with Gasteiger partial charge in [0.15, 0.2) is 0 Å². The number of hydrogen-bond acceptors (Lipinski definition) is 1. The zero-order valence-corrected chi connectivity index (χ0v) is 28.9. The molecule has 0 spiro atoms. The van der Waals surface area contributed by atoms with E-state index in [0.717, 1.165) is 41.9 Å². The summed E-state index contributed by atoms with van der Waals surface area (Å²) in [7, 11) is 0. The molecular weight excluding hydrogens is 448 g/mol. The second-order valence-electron chi connectivity index (χ2n) is 10.1. The fourth-order valence-electron chi connectivity index (χ4n) is 7.91. The van der Waals surface area contributed by atoms with Crippen LogP contribution in [-0.2, 0) is 4.74 Å². The fraction of sp³-hybridized carbons (Fsp3) is 0.944. The van der Waals surface area contributed by atoms with E-state index in [1.807, 2.05) is 69.2 Å². The van der Waals surface area contributed by atoms with E-state index in [0.29, 0.717) is 5.92 Å². The average Bonchev–Trinajstić information content (AvgIpc) is 3.69. The first-order chi connectivity index (χ1) is 18.1. The zero-order valence-electron chi connectivity index (χ0n) is 28.9. The molecule has 2 bridgehead atoms. The van der Waals surface area contributed by atoms with Gasteiger partial charge >= 0.3 is 0 Å². The van der Waals surface area contributed by atoms with Crippen molar-refractivity contribution in [2.75, 3.05) is 0 Å². The van der Waals surface area contributed by atoms with E-state index in [-0.39, 0.29) is 5.60 Å². The van der Waals surface area contributed by atoms with Crippen LogP contribution in [0.3, 0.4) is 0 Å². The number of fused-ring (bicyclic) bond motifs is 2. The molecule has 0 aromatic carbocycles. The summed E-state index contributed by atoms with van der Waals surface area (Å²) in [6.07, 6.45) is 14.5. The van der Waals surface area contributed by atoms with Crippen LogP contribution in [0.5, 0.6) is 0 Å². The van der Waals surface area contributed by atoms with Gasteiger partial charge in [0.05, 0.1) is 5.76 Å². The largest absolute Gasteiger partial charge is 0.492 e. The summed E-state index contributed by atoms with van der Waals surface area (Å²) in [5.74, 6) is 7.20. The first-order valence-corrected chi connectivity index (χ1v) is 17.4. The smallest absolute Gasteiger partial charge is 0.108 e. The van der Waals surface area contributed by atoms with Crippen molar-refractivity contribution in [2.24, 2.45) is 41.4 Å². The van der Waals surface area contributed by atoms with E-state index in [2.05, 4.69) is 41.2 Å². The number of rotatable bonds is 10. The van der Waals surface area contributed by atoms with Gasteiger partial charge in [0, 0.05) is 5.92 Å². The Morgan fingerprint density at radius 1 is 0.757 bits per heavy atom. The highest BCUT2D eigenvalue weighted by Gasteiger charge is 2.59. The van der Waals surface area contributed by atoms with Crippen LogP contribution >= 0.6 is 0 Å². The molecular formula is C36H76O. The molecule has 37 heavy (non-hydrogen) atoms. The third kappa shape index (κ3) is 10.6. The predicted octanol–water partition coefficient (Wildman–Crippen LogP) is 13.1. The Kier molecular flexibility index (Phi) is 27.2. The summed E-state index contributed by atoms with van der Waals surface area (Å²) in [6, 6.07) is 0. The van der Waals surface area contributed by atoms with Crippen LogP contribution in [0.1, 0.15) is 174 Å². The van der Waals surface area contributed by atoms with E-state index < -0.39 is 0 Å². The molecule has 3 aliphatic rings. The van der Waals surface area contributed by atoms with Gasteiger partial charge in [-0.3, -0.25) is 0 Å². The molecule has 1 nitrogen and oxygen atoms in total. The molecule has 0 N–H and O–H groups in total. The second kappa shape index (κ2) is 24.6. The van der Waals surface area contributed by atoms with Crippen molar-refractivity contribution in [3.63, 3.8) is 0 Å². The molecule has 6 unspecified atom stereocenters. The van der Waals surface area contributed by atoms with Crippen LogP contribution in [0.15, 0.2) is 12.3 Å². The van der Waals surface area contributed by atoms with Crippen molar-refractivity contribution in [3.05, 3.63) is 12.3 Å². The summed E-state index contributed by atoms with van der Waals surface area (Å²) >= 11 is 0. The van der Waals surface area contributed by atoms with Gasteiger partial charge < -0.3 is 4.74 Å². The Hall–Kier alpha value is -0.460. The highest BCUT2D eigenvalue weighted by molar-refractivity contribution is 5.14. The molecule has 3 rings (SSSR count). The molecule has 1 heteroatoms. The molecule has 3 fully saturated rings. The van der Waals surface area contributed by atoms with Gasteiger partial charge in [-0.1, -0.05) is 136 Å². The summed E-state index contributed by atoms with van der Waals surface area (Å²) < 4.78 is 6.81. The Morgan fingerprint density at radius 3 is 1.62 bits per heavy atom. The van der Waals surface area contributed by atoms with E-state index in [1.54, 1.807) is 0 Å². The maximum atomic E-state index is 6.81. The van der Waals surface area contributed by atoms with Crippen LogP contribution in [0.4, 0.5) is 0 Å². The van der Waals surface area contributed by atoms with E-state index in [4.69, 9.17) is 4.74 Å². The molecule has 226 valence electrons. The van der Waals surface area contributed by atoms with Crippen LogP contribution in [0, 0.1) is 41.4 Å². The first-order valence-electron chi connectivity index (χ1n) is 17.4. The van der Waals surface area contributed by atoms with Crippen molar-refractivity contribution in [1.82, 2.24) is 0 Å². The molecule has 0 aromatic heterocycles. The monoisotopic (exact) mass is 525 g/mol. The van der Waals surface area contributed by atoms with E-state index in [1.165, 1.54) is 70.0 Å². The molecule has 0 aromatic rings. The maximum Gasteiger partial charge on any atom is 0.108 e. The van der Waals surface area contributed by atoms with Crippen LogP contribution in [-0.4, -0.2) is 5.60 Å². The van der Waals surface area contributed by atoms with Gasteiger partial charge in [-0.25, -0.2) is 0 Å². The van der Waals surface area contributed by atoms with Crippen LogP contribution in [0.2, 0.25) is 0 Å². The maximum absolute atomic E-state index is 6.81. The first kappa shape index (κ1) is 41.0. The lowest BCUT2D eigenvalue weighted by Crippen LogP contribution is -2.40. The fourth-order valence-corrected chi connectivity index (χ4v) is 7.91. The van der Waals surface area contributed by atoms with Gasteiger partial charge in [0.1, 0.15) is 5.60 Å². The molecule has 0 heterocycles. The molecule has 0 aliphatic heterocycles. The SMILES string of the molecule is C=C(OC1(CC)CCCC1)C1C2CC(C1CCC)C(C(CC)CC)C2CC.CC.CC.CC.CC.CC. The second-order valence-corrected chi connectivity index (χ2v) is 10.1. The number of hydrogen-bond donors (Lipinski definition) is 0. The van der Waals surface area contributed by atoms with Gasteiger partial charge in [0.2, 0.25) is 0 Å². The van der Waals surface area contributed by atoms with Gasteiger partial charge in [-0.15, -0.1) is 0 Å². The topological polar surface area (TPSA) is 9.23 Å². The summed E-state index contributed by atoms with van der Waals surface area (Å²) in [6.45, 7) is 36.6. The Labute approximate surface area is 238 Å². The molecule has 0 amide bonds. The molecule has 0 saturated heterocycles. The molecule has 3 saturated carbocycles. The molecule has 6 atom stereocenters. The Morgan fingerprint density at radius 2 is 1.24 bits per heavy atom. The highest BCUT2D eigenvalue weighted by Crippen LogP contribution is 2.64. The van der Waals surface area contributed by atoms with Crippen molar-refractivity contribution in [1.29, 1.82) is 0 Å². The molecule has 0 radical (unpaired) electrons. The Balaban J connectivity index is -0.00000103. The lowest BCUT2D eigenvalue weighted by atomic mass is 9.61. The summed E-state index contributed by atoms with van der Waals surface area (Å²) in [4.78, 5) is 0. The van der Waals surface area contributed by atoms with Crippen LogP contribution < -0.4 is 0 Å². The minimum absolute atomic E-state index is 0.117. The minimum atomic E-state index is 0.117. The third-order valence-electron chi connectivity index (χ3n) is 9.12. The minimum Gasteiger partial charge on any atom is -0.492 e. The van der Waals surface area contributed by atoms with Crippen molar-refractivity contribution >= 4 is 0 Å². The lowest BCUT2D eigenvalue weighted by molar-refractivity contribution is -0.0386. The van der Waals surface area contributed by atoms with Gasteiger partial charge in [0.25, 0.3) is 0 Å². The van der Waals surface area contributed by atoms with Crippen LogP contribution in [0.25, 0.3) is 0 Å². The quantitative estimate of drug-likeness (QED) is 0.258. The van der Waals surface area contributed by atoms with E-state index in [9.17, 15) is 0 Å². The third-order valence-corrected chi connectivity index (χ3v) is 9.12. The van der Waals surface area contributed by atoms with Crippen molar-refractivity contribution in [2.45, 2.75) is 180 Å². The number of ether oxygens (including phenoxy) is 1. The van der Waals surface area contributed by atoms with E-state index >= 15 is 0 Å². The predicted molar refractivity (Wildman–Crippen MR) is 173 cm³/mol. The van der Waals surface area contributed by atoms with Gasteiger partial charge in [-0.2, -0.15) is 0 Å².